The zero-order chi connectivity index (χ0) is 20.3. The molecule has 3 rings (SSSR count). The van der Waals surface area contributed by atoms with E-state index in [0.717, 1.165) is 5.56 Å². The maximum absolute atomic E-state index is 12.4. The smallest absolute Gasteiger partial charge is 0.508 e. The number of fused-ring (bicyclic) bond motifs is 1. The lowest BCUT2D eigenvalue weighted by Crippen LogP contribution is -2.25. The molecule has 0 unspecified atom stereocenters. The molecule has 0 bridgehead atoms. The van der Waals surface area contributed by atoms with Crippen LogP contribution in [0.3, 0.4) is 0 Å². The molecule has 28 heavy (non-hydrogen) atoms. The third kappa shape index (κ3) is 5.01. The second kappa shape index (κ2) is 7.90. The second-order valence-electron chi connectivity index (χ2n) is 6.13. The second-order valence-corrected chi connectivity index (χ2v) is 7.30. The molecule has 0 aliphatic rings. The van der Waals surface area contributed by atoms with Crippen molar-refractivity contribution in [2.24, 2.45) is 0 Å². The fourth-order valence-electron chi connectivity index (χ4n) is 2.72. The zero-order valence-corrected chi connectivity index (χ0v) is 15.5. The van der Waals surface area contributed by atoms with Crippen LogP contribution >= 0.6 is 7.82 Å². The van der Waals surface area contributed by atoms with E-state index in [4.69, 9.17) is 9.79 Å². The molecule has 8 nitrogen and oxygen atoms in total. The number of phenols is 2. The molecule has 0 aromatic heterocycles. The van der Waals surface area contributed by atoms with Crippen LogP contribution in [0.5, 0.6) is 17.2 Å². The lowest BCUT2D eigenvalue weighted by atomic mass is 10.0. The van der Waals surface area contributed by atoms with Crippen molar-refractivity contribution in [3.8, 4) is 17.2 Å². The Morgan fingerprint density at radius 1 is 0.964 bits per heavy atom. The molecule has 0 saturated carbocycles. The minimum absolute atomic E-state index is 0.0467. The van der Waals surface area contributed by atoms with Gasteiger partial charge in [0.2, 0.25) is 0 Å². The molecule has 0 aliphatic carbocycles. The highest BCUT2D eigenvalue weighted by Gasteiger charge is 2.15. The van der Waals surface area contributed by atoms with E-state index in [-0.39, 0.29) is 29.4 Å². The summed E-state index contributed by atoms with van der Waals surface area (Å²) in [4.78, 5) is 29.9. The fraction of sp³-hybridized carbons (Fsp3) is 0.105. The van der Waals surface area contributed by atoms with Crippen LogP contribution in [0.2, 0.25) is 0 Å². The molecular weight excluding hydrogens is 385 g/mol. The Balaban J connectivity index is 1.62. The Hall–Kier alpha value is -3.06. The van der Waals surface area contributed by atoms with E-state index < -0.39 is 13.7 Å². The minimum atomic E-state index is -4.59. The lowest BCUT2D eigenvalue weighted by Gasteiger charge is -2.10. The molecule has 3 aromatic carbocycles. The number of hydrogen-bond acceptors (Lipinski definition) is 5. The molecule has 146 valence electrons. The Labute approximate surface area is 160 Å². The summed E-state index contributed by atoms with van der Waals surface area (Å²) in [6.45, 7) is 0.287. The van der Waals surface area contributed by atoms with E-state index in [1.165, 1.54) is 36.4 Å². The predicted molar refractivity (Wildman–Crippen MR) is 102 cm³/mol. The fourth-order valence-corrected chi connectivity index (χ4v) is 3.12. The first-order valence-electron chi connectivity index (χ1n) is 8.29. The maximum atomic E-state index is 12.4. The van der Waals surface area contributed by atoms with Gasteiger partial charge >= 0.3 is 7.82 Å². The molecular formula is C19H18NO7P. The average molecular weight is 403 g/mol. The highest BCUT2D eigenvalue weighted by Crippen LogP contribution is 2.37. The summed E-state index contributed by atoms with van der Waals surface area (Å²) in [7, 11) is -4.59. The molecule has 0 heterocycles. The Morgan fingerprint density at radius 2 is 1.68 bits per heavy atom. The van der Waals surface area contributed by atoms with E-state index >= 15 is 0 Å². The largest absolute Gasteiger partial charge is 0.524 e. The number of aromatic hydroxyl groups is 2. The number of benzene rings is 3. The van der Waals surface area contributed by atoms with Crippen molar-refractivity contribution in [1.82, 2.24) is 5.32 Å². The summed E-state index contributed by atoms with van der Waals surface area (Å²) in [5, 5.41) is 23.7. The SMILES string of the molecule is O=C(NCCc1ccc(OP(=O)(O)O)cc1)c1cc2cc(O)ccc2cc1O. The Kier molecular flexibility index (Phi) is 5.56. The van der Waals surface area contributed by atoms with Crippen LogP contribution in [0.25, 0.3) is 10.8 Å². The molecule has 0 atom stereocenters. The van der Waals surface area contributed by atoms with Crippen molar-refractivity contribution in [2.45, 2.75) is 6.42 Å². The molecule has 0 saturated heterocycles. The number of nitrogens with one attached hydrogen (secondary N) is 1. The van der Waals surface area contributed by atoms with Crippen molar-refractivity contribution in [2.75, 3.05) is 6.54 Å². The van der Waals surface area contributed by atoms with Gasteiger partial charge in [0, 0.05) is 6.54 Å². The highest BCUT2D eigenvalue weighted by atomic mass is 31.2. The van der Waals surface area contributed by atoms with Crippen LogP contribution in [0.15, 0.2) is 54.6 Å². The molecule has 0 radical (unpaired) electrons. The van der Waals surface area contributed by atoms with Gasteiger partial charge in [0.15, 0.2) is 0 Å². The molecule has 0 spiro atoms. The van der Waals surface area contributed by atoms with Crippen LogP contribution in [0.4, 0.5) is 0 Å². The van der Waals surface area contributed by atoms with Crippen molar-refractivity contribution in [1.29, 1.82) is 0 Å². The number of carbonyl (C=O) groups excluding carboxylic acids is 1. The number of rotatable bonds is 6. The van der Waals surface area contributed by atoms with Crippen LogP contribution < -0.4 is 9.84 Å². The van der Waals surface area contributed by atoms with Crippen LogP contribution in [-0.2, 0) is 11.0 Å². The average Bonchev–Trinajstić information content (AvgIpc) is 2.61. The minimum Gasteiger partial charge on any atom is -0.508 e. The number of hydrogen-bond donors (Lipinski definition) is 5. The van der Waals surface area contributed by atoms with Gasteiger partial charge < -0.3 is 20.1 Å². The van der Waals surface area contributed by atoms with Crippen LogP contribution in [-0.4, -0.2) is 32.5 Å². The first kappa shape index (κ1) is 19.7. The summed E-state index contributed by atoms with van der Waals surface area (Å²) in [5.41, 5.74) is 0.925. The van der Waals surface area contributed by atoms with Crippen LogP contribution in [0, 0.1) is 0 Å². The third-order valence-electron chi connectivity index (χ3n) is 4.03. The summed E-state index contributed by atoms with van der Waals surface area (Å²) in [6, 6.07) is 13.7. The zero-order valence-electron chi connectivity index (χ0n) is 14.6. The Morgan fingerprint density at radius 3 is 2.36 bits per heavy atom. The molecule has 1 amide bonds. The van der Waals surface area contributed by atoms with E-state index in [1.54, 1.807) is 18.2 Å². The summed E-state index contributed by atoms with van der Waals surface area (Å²) >= 11 is 0. The normalized spacial score (nSPS) is 11.4. The number of phenolic OH excluding ortho intramolecular Hbond substituents is 2. The third-order valence-corrected chi connectivity index (χ3v) is 4.48. The summed E-state index contributed by atoms with van der Waals surface area (Å²) < 4.78 is 15.3. The van der Waals surface area contributed by atoms with Crippen molar-refractivity contribution in [3.05, 3.63) is 65.7 Å². The summed E-state index contributed by atoms with van der Waals surface area (Å²) in [6.07, 6.45) is 0.469. The van der Waals surface area contributed by atoms with Gasteiger partial charge in [-0.1, -0.05) is 18.2 Å². The van der Waals surface area contributed by atoms with Crippen molar-refractivity contribution >= 4 is 24.5 Å². The van der Waals surface area contributed by atoms with E-state index in [0.29, 0.717) is 17.2 Å². The standard InChI is InChI=1S/C19H18NO7P/c21-15-4-3-13-11-18(22)17(10-14(13)9-15)19(23)20-8-7-12-1-5-16(6-2-12)27-28(24,25)26/h1-6,9-11,21-22H,7-8H2,(H,20,23)(H2,24,25,26). The van der Waals surface area contributed by atoms with Crippen molar-refractivity contribution in [3.63, 3.8) is 0 Å². The quantitative estimate of drug-likeness (QED) is 0.399. The van der Waals surface area contributed by atoms with Gasteiger partial charge in [-0.25, -0.2) is 4.57 Å². The van der Waals surface area contributed by atoms with Gasteiger partial charge in [-0.05, 0) is 59.2 Å². The van der Waals surface area contributed by atoms with Crippen molar-refractivity contribution < 1.29 is 33.9 Å². The van der Waals surface area contributed by atoms with E-state index in [9.17, 15) is 19.6 Å². The number of carbonyl (C=O) groups is 1. The van der Waals surface area contributed by atoms with Gasteiger partial charge in [-0.15, -0.1) is 0 Å². The van der Waals surface area contributed by atoms with Gasteiger partial charge in [-0.3, -0.25) is 14.6 Å². The topological polar surface area (TPSA) is 136 Å². The van der Waals surface area contributed by atoms with Gasteiger partial charge in [0.25, 0.3) is 5.91 Å². The molecule has 0 fully saturated rings. The molecule has 9 heteroatoms. The van der Waals surface area contributed by atoms with Crippen LogP contribution in [0.1, 0.15) is 15.9 Å². The van der Waals surface area contributed by atoms with E-state index in [2.05, 4.69) is 9.84 Å². The Bertz CT molecular complexity index is 1060. The number of phosphoric acid groups is 1. The maximum Gasteiger partial charge on any atom is 0.524 e. The lowest BCUT2D eigenvalue weighted by molar-refractivity contribution is 0.0951. The summed E-state index contributed by atoms with van der Waals surface area (Å²) in [5.74, 6) is -0.500. The first-order valence-corrected chi connectivity index (χ1v) is 9.82. The number of phosphoric ester groups is 1. The van der Waals surface area contributed by atoms with Gasteiger partial charge in [0.05, 0.1) is 5.56 Å². The van der Waals surface area contributed by atoms with Gasteiger partial charge in [0.1, 0.15) is 17.2 Å². The molecule has 0 aliphatic heterocycles. The highest BCUT2D eigenvalue weighted by molar-refractivity contribution is 7.46. The predicted octanol–water partition coefficient (Wildman–Crippen LogP) is 2.70. The molecule has 5 N–H and O–H groups in total. The number of amides is 1. The monoisotopic (exact) mass is 403 g/mol. The van der Waals surface area contributed by atoms with Gasteiger partial charge in [-0.2, -0.15) is 0 Å². The first-order chi connectivity index (χ1) is 13.2. The molecule has 3 aromatic rings. The van der Waals surface area contributed by atoms with E-state index in [1.807, 2.05) is 0 Å².